The van der Waals surface area contributed by atoms with E-state index in [9.17, 15) is 8.42 Å². The highest BCUT2D eigenvalue weighted by Gasteiger charge is 2.22. The van der Waals surface area contributed by atoms with Crippen molar-refractivity contribution < 1.29 is 22.6 Å². The van der Waals surface area contributed by atoms with E-state index < -0.39 is 10.0 Å². The lowest BCUT2D eigenvalue weighted by molar-refractivity contribution is 0.368. The molecule has 0 amide bonds. The second kappa shape index (κ2) is 9.16. The van der Waals surface area contributed by atoms with Gasteiger partial charge in [0.15, 0.2) is 0 Å². The molecule has 2 aromatic carbocycles. The van der Waals surface area contributed by atoms with E-state index in [-0.39, 0.29) is 11.4 Å². The van der Waals surface area contributed by atoms with Gasteiger partial charge in [0.25, 0.3) is 0 Å². The lowest BCUT2D eigenvalue weighted by Gasteiger charge is -2.17. The number of hydrogen-bond donors (Lipinski definition) is 2. The fourth-order valence-corrected chi connectivity index (χ4v) is 4.43. The number of hydrogen-bond acceptors (Lipinski definition) is 6. The van der Waals surface area contributed by atoms with Crippen molar-refractivity contribution >= 4 is 15.7 Å². The molecule has 0 bridgehead atoms. The first-order valence-electron chi connectivity index (χ1n) is 9.01. The number of rotatable bonds is 9. The molecule has 0 aliphatic heterocycles. The maximum Gasteiger partial charge on any atom is 0.241 e. The predicted molar refractivity (Wildman–Crippen MR) is 110 cm³/mol. The number of sulfonamides is 1. The minimum absolute atomic E-state index is 0.00272. The Morgan fingerprint density at radius 2 is 1.54 bits per heavy atom. The summed E-state index contributed by atoms with van der Waals surface area (Å²) < 4.78 is 44.6. The van der Waals surface area contributed by atoms with Crippen LogP contribution in [0.4, 0.5) is 5.69 Å². The second-order valence-electron chi connectivity index (χ2n) is 6.16. The predicted octanol–water partition coefficient (Wildman–Crippen LogP) is 2.90. The van der Waals surface area contributed by atoms with Gasteiger partial charge >= 0.3 is 0 Å². The van der Waals surface area contributed by atoms with Crippen molar-refractivity contribution in [3.63, 3.8) is 0 Å². The highest BCUT2D eigenvalue weighted by Crippen LogP contribution is 2.34. The Morgan fingerprint density at radius 3 is 2.00 bits per heavy atom. The lowest BCUT2D eigenvalue weighted by atomic mass is 10.0. The molecule has 0 radical (unpaired) electrons. The molecular formula is C20H28N2O5S. The average Bonchev–Trinajstić information content (AvgIpc) is 2.71. The summed E-state index contributed by atoms with van der Waals surface area (Å²) in [6.45, 7) is 3.87. The molecule has 2 aromatic rings. The molecule has 2 rings (SSSR count). The van der Waals surface area contributed by atoms with Crippen molar-refractivity contribution in [1.82, 2.24) is 4.72 Å². The monoisotopic (exact) mass is 408 g/mol. The summed E-state index contributed by atoms with van der Waals surface area (Å²) in [6.07, 6.45) is 1.26. The zero-order chi connectivity index (χ0) is 20.9. The van der Waals surface area contributed by atoms with Gasteiger partial charge in [-0.3, -0.25) is 0 Å². The molecule has 0 aliphatic rings. The van der Waals surface area contributed by atoms with E-state index in [0.717, 1.165) is 12.0 Å². The Labute approximate surface area is 166 Å². The quantitative estimate of drug-likeness (QED) is 0.619. The summed E-state index contributed by atoms with van der Waals surface area (Å²) in [6, 6.07) is 6.73. The molecule has 0 fully saturated rings. The van der Waals surface area contributed by atoms with Gasteiger partial charge in [-0.2, -0.15) is 0 Å². The van der Waals surface area contributed by atoms with Gasteiger partial charge in [-0.25, -0.2) is 13.1 Å². The van der Waals surface area contributed by atoms with Crippen molar-refractivity contribution in [2.75, 3.05) is 27.1 Å². The van der Waals surface area contributed by atoms with Gasteiger partial charge in [-0.1, -0.05) is 19.9 Å². The normalized spacial score (nSPS) is 11.3. The highest BCUT2D eigenvalue weighted by molar-refractivity contribution is 7.89. The molecule has 28 heavy (non-hydrogen) atoms. The molecule has 0 aliphatic carbocycles. The van der Waals surface area contributed by atoms with Gasteiger partial charge in [0.1, 0.15) is 17.2 Å². The van der Waals surface area contributed by atoms with Crippen LogP contribution in [0.1, 0.15) is 30.5 Å². The van der Waals surface area contributed by atoms with Crippen molar-refractivity contribution in [3.05, 3.63) is 41.0 Å². The van der Waals surface area contributed by atoms with Crippen molar-refractivity contribution in [1.29, 1.82) is 0 Å². The molecule has 7 nitrogen and oxygen atoms in total. The molecule has 0 atom stereocenters. The second-order valence-corrected chi connectivity index (χ2v) is 7.89. The number of nitrogens with one attached hydrogen (secondary N) is 1. The Morgan fingerprint density at radius 1 is 0.929 bits per heavy atom. The van der Waals surface area contributed by atoms with Crippen molar-refractivity contribution in [2.24, 2.45) is 0 Å². The van der Waals surface area contributed by atoms with Gasteiger partial charge in [-0.15, -0.1) is 0 Å². The Kier molecular flexibility index (Phi) is 7.15. The minimum atomic E-state index is -3.79. The van der Waals surface area contributed by atoms with Gasteiger partial charge in [-0.05, 0) is 30.0 Å². The number of ether oxygens (including phenoxy) is 3. The Bertz CT molecular complexity index is 917. The summed E-state index contributed by atoms with van der Waals surface area (Å²) >= 11 is 0. The third kappa shape index (κ3) is 4.34. The van der Waals surface area contributed by atoms with Gasteiger partial charge in [0.2, 0.25) is 10.0 Å². The fourth-order valence-electron chi connectivity index (χ4n) is 3.11. The first kappa shape index (κ1) is 21.8. The van der Waals surface area contributed by atoms with Gasteiger partial charge < -0.3 is 19.9 Å². The minimum Gasteiger partial charge on any atom is -0.496 e. The summed E-state index contributed by atoms with van der Waals surface area (Å²) in [5, 5.41) is 0. The molecule has 0 unspecified atom stereocenters. The van der Waals surface area contributed by atoms with Crippen LogP contribution in [-0.2, 0) is 29.4 Å². The molecule has 154 valence electrons. The molecule has 0 saturated carbocycles. The van der Waals surface area contributed by atoms with Crippen LogP contribution in [0, 0.1) is 0 Å². The van der Waals surface area contributed by atoms with Crippen LogP contribution >= 0.6 is 0 Å². The zero-order valence-corrected chi connectivity index (χ0v) is 17.8. The van der Waals surface area contributed by atoms with Crippen LogP contribution in [-0.4, -0.2) is 29.7 Å². The maximum atomic E-state index is 13.0. The number of aryl methyl sites for hydroxylation is 1. The fraction of sp³-hybridized carbons (Fsp3) is 0.400. The van der Waals surface area contributed by atoms with Crippen LogP contribution in [0.2, 0.25) is 0 Å². The van der Waals surface area contributed by atoms with E-state index in [2.05, 4.69) is 4.72 Å². The van der Waals surface area contributed by atoms with Crippen LogP contribution in [0.3, 0.4) is 0 Å². The summed E-state index contributed by atoms with van der Waals surface area (Å²) in [5.41, 5.74) is 8.86. The van der Waals surface area contributed by atoms with Crippen LogP contribution < -0.4 is 24.7 Å². The standard InChI is InChI=1S/C20H28N2O5S/c1-6-13-8-9-19(15(7-2)20(13)21)28(23,24)22-12-16-17(26-4)10-14(25-3)11-18(16)27-5/h8-11,22H,6-7,12,21H2,1-5H3. The summed E-state index contributed by atoms with van der Waals surface area (Å²) in [4.78, 5) is 0.191. The van der Waals surface area contributed by atoms with Crippen LogP contribution in [0.5, 0.6) is 17.2 Å². The van der Waals surface area contributed by atoms with Gasteiger partial charge in [0, 0.05) is 24.4 Å². The highest BCUT2D eigenvalue weighted by atomic mass is 32.2. The van der Waals surface area contributed by atoms with Crippen LogP contribution in [0.15, 0.2) is 29.2 Å². The number of nitrogen functional groups attached to an aromatic ring is 1. The lowest BCUT2D eigenvalue weighted by Crippen LogP contribution is -2.25. The summed E-state index contributed by atoms with van der Waals surface area (Å²) in [7, 11) is 0.759. The third-order valence-electron chi connectivity index (χ3n) is 4.68. The smallest absolute Gasteiger partial charge is 0.241 e. The van der Waals surface area contributed by atoms with Crippen molar-refractivity contribution in [3.8, 4) is 17.2 Å². The Hall–Kier alpha value is -2.45. The van der Waals surface area contributed by atoms with E-state index >= 15 is 0 Å². The summed E-state index contributed by atoms with van der Waals surface area (Å²) in [5.74, 6) is 1.49. The molecule has 0 aromatic heterocycles. The SMILES string of the molecule is CCc1ccc(S(=O)(=O)NCc2c(OC)cc(OC)cc2OC)c(CC)c1N. The molecular weight excluding hydrogens is 380 g/mol. The number of methoxy groups -OCH3 is 3. The molecule has 3 N–H and O–H groups in total. The average molecular weight is 409 g/mol. The zero-order valence-electron chi connectivity index (χ0n) is 17.0. The van der Waals surface area contributed by atoms with E-state index in [0.29, 0.717) is 40.5 Å². The molecule has 0 saturated heterocycles. The maximum absolute atomic E-state index is 13.0. The van der Waals surface area contributed by atoms with Crippen LogP contribution in [0.25, 0.3) is 0 Å². The molecule has 8 heteroatoms. The number of benzene rings is 2. The largest absolute Gasteiger partial charge is 0.496 e. The van der Waals surface area contributed by atoms with Gasteiger partial charge in [0.05, 0.1) is 31.8 Å². The van der Waals surface area contributed by atoms with E-state index in [1.54, 1.807) is 24.3 Å². The first-order valence-corrected chi connectivity index (χ1v) is 10.5. The topological polar surface area (TPSA) is 99.9 Å². The van der Waals surface area contributed by atoms with E-state index in [1.165, 1.54) is 21.3 Å². The number of nitrogens with two attached hydrogens (primary N) is 1. The number of anilines is 1. The Balaban J connectivity index is 2.41. The molecule has 0 heterocycles. The van der Waals surface area contributed by atoms with E-state index in [1.807, 2.05) is 13.8 Å². The first-order chi connectivity index (χ1) is 13.3. The van der Waals surface area contributed by atoms with E-state index in [4.69, 9.17) is 19.9 Å². The van der Waals surface area contributed by atoms with Crippen molar-refractivity contribution in [2.45, 2.75) is 38.1 Å². The third-order valence-corrected chi connectivity index (χ3v) is 6.17. The molecule has 0 spiro atoms.